The molecule has 1 aliphatic rings. The van der Waals surface area contributed by atoms with E-state index in [0.717, 1.165) is 0 Å². The van der Waals surface area contributed by atoms with Crippen LogP contribution in [0.5, 0.6) is 0 Å². The second-order valence-electron chi connectivity index (χ2n) is 5.37. The summed E-state index contributed by atoms with van der Waals surface area (Å²) in [4.78, 5) is 23.5. The van der Waals surface area contributed by atoms with Gasteiger partial charge in [-0.05, 0) is 25.8 Å². The smallest absolute Gasteiger partial charge is 0.285 e. The third-order valence-corrected chi connectivity index (χ3v) is 3.43. The first kappa shape index (κ1) is 15.3. The Labute approximate surface area is 119 Å². The number of aliphatic hydroxyl groups is 1. The highest BCUT2D eigenvalue weighted by Gasteiger charge is 2.34. The number of rotatable bonds is 2. The van der Waals surface area contributed by atoms with E-state index in [9.17, 15) is 28.8 Å². The lowest BCUT2D eigenvalue weighted by molar-refractivity contribution is -0.385. The Balaban J connectivity index is 2.39. The van der Waals surface area contributed by atoms with Gasteiger partial charge in [0.15, 0.2) is 11.6 Å². The van der Waals surface area contributed by atoms with Gasteiger partial charge in [-0.15, -0.1) is 0 Å². The first-order valence-corrected chi connectivity index (χ1v) is 6.36. The summed E-state index contributed by atoms with van der Waals surface area (Å²) >= 11 is 0. The van der Waals surface area contributed by atoms with Crippen LogP contribution in [0, 0.1) is 21.7 Å². The molecule has 21 heavy (non-hydrogen) atoms. The summed E-state index contributed by atoms with van der Waals surface area (Å²) in [7, 11) is 0. The highest BCUT2D eigenvalue weighted by atomic mass is 19.2. The lowest BCUT2D eigenvalue weighted by Crippen LogP contribution is -2.48. The van der Waals surface area contributed by atoms with Gasteiger partial charge in [0.05, 0.1) is 16.6 Å². The fourth-order valence-corrected chi connectivity index (χ4v) is 2.42. The zero-order valence-electron chi connectivity index (χ0n) is 11.3. The molecule has 0 aromatic heterocycles. The van der Waals surface area contributed by atoms with Gasteiger partial charge in [-0.25, -0.2) is 8.78 Å². The first-order valence-electron chi connectivity index (χ1n) is 6.36. The van der Waals surface area contributed by atoms with Crippen molar-refractivity contribution >= 4 is 11.6 Å². The number of hydrogen-bond donors (Lipinski definition) is 1. The maximum atomic E-state index is 13.3. The van der Waals surface area contributed by atoms with E-state index in [1.807, 2.05) is 0 Å². The van der Waals surface area contributed by atoms with E-state index in [0.29, 0.717) is 31.5 Å². The molecule has 2 rings (SSSR count). The van der Waals surface area contributed by atoms with E-state index in [1.54, 1.807) is 6.92 Å². The minimum absolute atomic E-state index is 0.0119. The standard InChI is InChI=1S/C13H14F2N2O4/c1-13(19)3-2-4-16(7-13)12(18)8-5-9(14)10(15)6-11(8)17(20)21/h5-6,19H,2-4,7H2,1H3. The molecule has 1 aliphatic heterocycles. The van der Waals surface area contributed by atoms with E-state index >= 15 is 0 Å². The lowest BCUT2D eigenvalue weighted by atomic mass is 9.94. The molecule has 0 spiro atoms. The number of nitrogens with zero attached hydrogens (tertiary/aromatic N) is 2. The summed E-state index contributed by atoms with van der Waals surface area (Å²) in [5.41, 5.74) is -2.40. The Bertz CT molecular complexity index is 604. The molecule has 0 bridgehead atoms. The quantitative estimate of drug-likeness (QED) is 0.667. The van der Waals surface area contributed by atoms with Crippen molar-refractivity contribution in [1.29, 1.82) is 0 Å². The molecule has 0 aliphatic carbocycles. The normalized spacial score (nSPS) is 22.2. The molecule has 0 saturated carbocycles. The molecule has 1 unspecified atom stereocenters. The van der Waals surface area contributed by atoms with Crippen LogP contribution < -0.4 is 0 Å². The van der Waals surface area contributed by atoms with Crippen LogP contribution in [-0.4, -0.2) is 39.5 Å². The number of hydrogen-bond acceptors (Lipinski definition) is 4. The molecule has 1 heterocycles. The van der Waals surface area contributed by atoms with Gasteiger partial charge in [0, 0.05) is 13.1 Å². The summed E-state index contributed by atoms with van der Waals surface area (Å²) in [5.74, 6) is -3.50. The third kappa shape index (κ3) is 3.15. The fraction of sp³-hybridized carbons (Fsp3) is 0.462. The molecule has 1 N–H and O–H groups in total. The second kappa shape index (κ2) is 5.36. The minimum atomic E-state index is -1.39. The van der Waals surface area contributed by atoms with Crippen molar-refractivity contribution in [2.45, 2.75) is 25.4 Å². The van der Waals surface area contributed by atoms with Gasteiger partial charge >= 0.3 is 0 Å². The second-order valence-corrected chi connectivity index (χ2v) is 5.37. The van der Waals surface area contributed by atoms with Gasteiger partial charge in [0.2, 0.25) is 0 Å². The van der Waals surface area contributed by atoms with Gasteiger partial charge in [0.1, 0.15) is 5.56 Å². The highest BCUT2D eigenvalue weighted by molar-refractivity contribution is 5.98. The molecule has 6 nitrogen and oxygen atoms in total. The SMILES string of the molecule is CC1(O)CCCN(C(=O)c2cc(F)c(F)cc2[N+](=O)[O-])C1. The minimum Gasteiger partial charge on any atom is -0.388 e. The average molecular weight is 300 g/mol. The number of carbonyl (C=O) groups excluding carboxylic acids is 1. The molecule has 1 saturated heterocycles. The average Bonchev–Trinajstić information content (AvgIpc) is 2.39. The Hall–Kier alpha value is -2.09. The van der Waals surface area contributed by atoms with Crippen molar-refractivity contribution in [2.24, 2.45) is 0 Å². The summed E-state index contributed by atoms with van der Waals surface area (Å²) in [6.07, 6.45) is 1.02. The van der Waals surface area contributed by atoms with Crippen LogP contribution >= 0.6 is 0 Å². The zero-order chi connectivity index (χ0) is 15.8. The van der Waals surface area contributed by atoms with Crippen molar-refractivity contribution in [2.75, 3.05) is 13.1 Å². The van der Waals surface area contributed by atoms with Crippen LogP contribution in [-0.2, 0) is 0 Å². The van der Waals surface area contributed by atoms with E-state index < -0.39 is 39.3 Å². The Morgan fingerprint density at radius 3 is 2.62 bits per heavy atom. The molecular formula is C13H14F2N2O4. The van der Waals surface area contributed by atoms with Crippen molar-refractivity contribution in [1.82, 2.24) is 4.90 Å². The Morgan fingerprint density at radius 2 is 2.05 bits per heavy atom. The van der Waals surface area contributed by atoms with Gasteiger partial charge < -0.3 is 10.0 Å². The van der Waals surface area contributed by atoms with Gasteiger partial charge in [-0.1, -0.05) is 0 Å². The Morgan fingerprint density at radius 1 is 1.43 bits per heavy atom. The van der Waals surface area contributed by atoms with E-state index in [1.165, 1.54) is 4.90 Å². The van der Waals surface area contributed by atoms with Crippen molar-refractivity contribution < 1.29 is 23.6 Å². The topological polar surface area (TPSA) is 83.7 Å². The van der Waals surface area contributed by atoms with E-state index in [-0.39, 0.29) is 6.54 Å². The number of nitro benzene ring substituents is 1. The predicted octanol–water partition coefficient (Wildman–Crippen LogP) is 1.86. The zero-order valence-corrected chi connectivity index (χ0v) is 11.3. The molecule has 1 amide bonds. The van der Waals surface area contributed by atoms with Crippen LogP contribution in [0.1, 0.15) is 30.1 Å². The van der Waals surface area contributed by atoms with Crippen LogP contribution in [0.3, 0.4) is 0 Å². The van der Waals surface area contributed by atoms with Gasteiger partial charge in [-0.3, -0.25) is 14.9 Å². The van der Waals surface area contributed by atoms with Crippen molar-refractivity contribution in [3.8, 4) is 0 Å². The van der Waals surface area contributed by atoms with Crippen LogP contribution in [0.2, 0.25) is 0 Å². The summed E-state index contributed by atoms with van der Waals surface area (Å²) in [6.45, 7) is 1.83. The van der Waals surface area contributed by atoms with Crippen LogP contribution in [0.4, 0.5) is 14.5 Å². The highest BCUT2D eigenvalue weighted by Crippen LogP contribution is 2.27. The van der Waals surface area contributed by atoms with E-state index in [2.05, 4.69) is 0 Å². The summed E-state index contributed by atoms with van der Waals surface area (Å²) in [6, 6.07) is 0.920. The number of carbonyl (C=O) groups is 1. The third-order valence-electron chi connectivity index (χ3n) is 3.43. The molecule has 1 atom stereocenters. The van der Waals surface area contributed by atoms with Gasteiger partial charge in [-0.2, -0.15) is 0 Å². The number of β-amino-alcohol motifs (C(OH)–C–C–N with tert-alkyl or cyclic N) is 1. The fourth-order valence-electron chi connectivity index (χ4n) is 2.42. The number of benzene rings is 1. The van der Waals surface area contributed by atoms with Crippen LogP contribution in [0.15, 0.2) is 12.1 Å². The number of amides is 1. The number of likely N-dealkylation sites (tertiary alicyclic amines) is 1. The number of piperidine rings is 1. The largest absolute Gasteiger partial charge is 0.388 e. The lowest BCUT2D eigenvalue weighted by Gasteiger charge is -2.36. The number of nitro groups is 1. The monoisotopic (exact) mass is 300 g/mol. The van der Waals surface area contributed by atoms with Gasteiger partial charge in [0.25, 0.3) is 11.6 Å². The van der Waals surface area contributed by atoms with Crippen LogP contribution in [0.25, 0.3) is 0 Å². The van der Waals surface area contributed by atoms with Crippen molar-refractivity contribution in [3.05, 3.63) is 39.4 Å². The number of halogens is 2. The first-order chi connectivity index (χ1) is 9.71. The predicted molar refractivity (Wildman–Crippen MR) is 68.8 cm³/mol. The Kier molecular flexibility index (Phi) is 3.91. The molecular weight excluding hydrogens is 286 g/mol. The molecule has 1 fully saturated rings. The molecule has 8 heteroatoms. The molecule has 0 radical (unpaired) electrons. The van der Waals surface area contributed by atoms with E-state index in [4.69, 9.17) is 0 Å². The van der Waals surface area contributed by atoms with Crippen molar-refractivity contribution in [3.63, 3.8) is 0 Å². The summed E-state index contributed by atoms with van der Waals surface area (Å²) in [5, 5.41) is 20.9. The maximum absolute atomic E-state index is 13.3. The maximum Gasteiger partial charge on any atom is 0.285 e. The molecule has 114 valence electrons. The molecule has 1 aromatic carbocycles. The molecule has 1 aromatic rings. The summed E-state index contributed by atoms with van der Waals surface area (Å²) < 4.78 is 26.4.